The Hall–Kier alpha value is -3.23. The maximum atomic E-state index is 13.7. The fraction of sp³-hybridized carbons (Fsp3) is 0.240. The second-order valence-corrected chi connectivity index (χ2v) is 9.39. The summed E-state index contributed by atoms with van der Waals surface area (Å²) < 4.78 is 48.0. The SMILES string of the molecule is CCOc1ccc(S(=O)(=O)N[C@@H](Cc2ccccc2)C(=O)Nc2cc(F)ccc2C)cc1C. The van der Waals surface area contributed by atoms with Gasteiger partial charge in [-0.1, -0.05) is 36.4 Å². The maximum absolute atomic E-state index is 13.7. The topological polar surface area (TPSA) is 84.5 Å². The van der Waals surface area contributed by atoms with E-state index in [9.17, 15) is 17.6 Å². The first kappa shape index (κ1) is 24.4. The van der Waals surface area contributed by atoms with E-state index in [-0.39, 0.29) is 17.0 Å². The predicted octanol–water partition coefficient (Wildman–Crippen LogP) is 4.37. The van der Waals surface area contributed by atoms with Crippen molar-refractivity contribution in [3.63, 3.8) is 0 Å². The molecule has 0 aliphatic carbocycles. The van der Waals surface area contributed by atoms with E-state index in [2.05, 4.69) is 10.0 Å². The molecule has 0 aliphatic heterocycles. The largest absolute Gasteiger partial charge is 0.494 e. The van der Waals surface area contributed by atoms with Crippen LogP contribution in [0.1, 0.15) is 23.6 Å². The van der Waals surface area contributed by atoms with Crippen molar-refractivity contribution < 1.29 is 22.3 Å². The molecular formula is C25H27FN2O4S. The summed E-state index contributed by atoms with van der Waals surface area (Å²) in [5, 5.41) is 2.66. The van der Waals surface area contributed by atoms with Crippen LogP contribution in [0.3, 0.4) is 0 Å². The maximum Gasteiger partial charge on any atom is 0.242 e. The molecule has 33 heavy (non-hydrogen) atoms. The molecular weight excluding hydrogens is 443 g/mol. The molecule has 0 spiro atoms. The summed E-state index contributed by atoms with van der Waals surface area (Å²) in [5.74, 6) is -0.489. The number of nitrogens with one attached hydrogen (secondary N) is 2. The molecule has 0 fully saturated rings. The van der Waals surface area contributed by atoms with Crippen molar-refractivity contribution in [2.24, 2.45) is 0 Å². The smallest absolute Gasteiger partial charge is 0.242 e. The molecule has 3 aromatic carbocycles. The average molecular weight is 471 g/mol. The van der Waals surface area contributed by atoms with Crippen LogP contribution in [0.2, 0.25) is 0 Å². The monoisotopic (exact) mass is 470 g/mol. The van der Waals surface area contributed by atoms with E-state index >= 15 is 0 Å². The van der Waals surface area contributed by atoms with Crippen molar-refractivity contribution in [1.82, 2.24) is 4.72 Å². The number of anilines is 1. The molecule has 174 valence electrons. The van der Waals surface area contributed by atoms with Crippen LogP contribution in [-0.2, 0) is 21.2 Å². The quantitative estimate of drug-likeness (QED) is 0.486. The number of ether oxygens (including phenoxy) is 1. The predicted molar refractivity (Wildman–Crippen MR) is 126 cm³/mol. The highest BCUT2D eigenvalue weighted by Crippen LogP contribution is 2.23. The molecule has 0 saturated heterocycles. The molecule has 3 aromatic rings. The molecule has 3 rings (SSSR count). The summed E-state index contributed by atoms with van der Waals surface area (Å²) in [5.41, 5.74) is 2.39. The highest BCUT2D eigenvalue weighted by atomic mass is 32.2. The summed E-state index contributed by atoms with van der Waals surface area (Å²) in [4.78, 5) is 13.1. The van der Waals surface area contributed by atoms with Gasteiger partial charge in [0.05, 0.1) is 11.5 Å². The van der Waals surface area contributed by atoms with Crippen molar-refractivity contribution in [1.29, 1.82) is 0 Å². The number of carbonyl (C=O) groups is 1. The van der Waals surface area contributed by atoms with E-state index < -0.39 is 27.8 Å². The molecule has 1 atom stereocenters. The van der Waals surface area contributed by atoms with Gasteiger partial charge < -0.3 is 10.1 Å². The standard InChI is InChI=1S/C25H27FN2O4S/c1-4-32-24-13-12-21(14-18(24)3)33(30,31)28-23(15-19-8-6-5-7-9-19)25(29)27-22-16-20(26)11-10-17(22)2/h5-14,16,23,28H,4,15H2,1-3H3,(H,27,29)/t23-/m0/s1. The second kappa shape index (κ2) is 10.6. The molecule has 8 heteroatoms. The zero-order chi connectivity index (χ0) is 24.0. The Morgan fingerprint density at radius 3 is 2.39 bits per heavy atom. The first-order valence-electron chi connectivity index (χ1n) is 10.6. The molecule has 0 aliphatic rings. The lowest BCUT2D eigenvalue weighted by molar-refractivity contribution is -0.117. The fourth-order valence-electron chi connectivity index (χ4n) is 3.35. The van der Waals surface area contributed by atoms with Crippen LogP contribution in [0.25, 0.3) is 0 Å². The highest BCUT2D eigenvalue weighted by molar-refractivity contribution is 7.89. The number of aryl methyl sites for hydroxylation is 2. The Labute approximate surface area is 193 Å². The van der Waals surface area contributed by atoms with Crippen molar-refractivity contribution >= 4 is 21.6 Å². The van der Waals surface area contributed by atoms with Crippen LogP contribution in [0.4, 0.5) is 10.1 Å². The number of rotatable bonds is 9. The molecule has 0 saturated carbocycles. The van der Waals surface area contributed by atoms with Gasteiger partial charge in [0.2, 0.25) is 15.9 Å². The van der Waals surface area contributed by atoms with Gasteiger partial charge in [0, 0.05) is 5.69 Å². The number of halogens is 1. The third-order valence-electron chi connectivity index (χ3n) is 5.11. The average Bonchev–Trinajstić information content (AvgIpc) is 2.78. The highest BCUT2D eigenvalue weighted by Gasteiger charge is 2.27. The van der Waals surface area contributed by atoms with Gasteiger partial charge in [-0.25, -0.2) is 12.8 Å². The summed E-state index contributed by atoms with van der Waals surface area (Å²) in [6.45, 7) is 5.79. The van der Waals surface area contributed by atoms with E-state index in [4.69, 9.17) is 4.74 Å². The molecule has 0 aromatic heterocycles. The first-order chi connectivity index (χ1) is 15.7. The van der Waals surface area contributed by atoms with E-state index in [1.165, 1.54) is 24.3 Å². The molecule has 0 bridgehead atoms. The van der Waals surface area contributed by atoms with Gasteiger partial charge in [-0.15, -0.1) is 0 Å². The van der Waals surface area contributed by atoms with Crippen LogP contribution in [0.15, 0.2) is 71.6 Å². The lowest BCUT2D eigenvalue weighted by atomic mass is 10.1. The summed E-state index contributed by atoms with van der Waals surface area (Å²) in [7, 11) is -4.03. The van der Waals surface area contributed by atoms with Gasteiger partial charge in [0.1, 0.15) is 17.6 Å². The lowest BCUT2D eigenvalue weighted by Gasteiger charge is -2.20. The molecule has 0 heterocycles. The Morgan fingerprint density at radius 1 is 1.00 bits per heavy atom. The van der Waals surface area contributed by atoms with Crippen LogP contribution in [0, 0.1) is 19.7 Å². The minimum Gasteiger partial charge on any atom is -0.494 e. The summed E-state index contributed by atoms with van der Waals surface area (Å²) in [6.07, 6.45) is 0.121. The van der Waals surface area contributed by atoms with Gasteiger partial charge >= 0.3 is 0 Å². The Bertz CT molecular complexity index is 1230. The molecule has 0 radical (unpaired) electrons. The Kier molecular flexibility index (Phi) is 7.84. The summed E-state index contributed by atoms with van der Waals surface area (Å²) in [6, 6.07) is 16.5. The van der Waals surface area contributed by atoms with Gasteiger partial charge in [0.25, 0.3) is 0 Å². The van der Waals surface area contributed by atoms with Crippen molar-refractivity contribution in [2.75, 3.05) is 11.9 Å². The minimum absolute atomic E-state index is 0.0243. The number of hydrogen-bond acceptors (Lipinski definition) is 4. The van der Waals surface area contributed by atoms with E-state index in [1.807, 2.05) is 37.3 Å². The Balaban J connectivity index is 1.89. The van der Waals surface area contributed by atoms with E-state index in [0.29, 0.717) is 23.5 Å². The molecule has 1 amide bonds. The van der Waals surface area contributed by atoms with Crippen LogP contribution < -0.4 is 14.8 Å². The van der Waals surface area contributed by atoms with E-state index in [0.717, 1.165) is 5.56 Å². The third kappa shape index (κ3) is 6.40. The Morgan fingerprint density at radius 2 is 1.73 bits per heavy atom. The second-order valence-electron chi connectivity index (χ2n) is 7.67. The van der Waals surface area contributed by atoms with E-state index in [1.54, 1.807) is 26.0 Å². The third-order valence-corrected chi connectivity index (χ3v) is 6.58. The van der Waals surface area contributed by atoms with Gasteiger partial charge in [-0.2, -0.15) is 4.72 Å². The van der Waals surface area contributed by atoms with Gasteiger partial charge in [0.15, 0.2) is 0 Å². The number of hydrogen-bond donors (Lipinski definition) is 2. The molecule has 0 unspecified atom stereocenters. The zero-order valence-electron chi connectivity index (χ0n) is 18.8. The van der Waals surface area contributed by atoms with Crippen molar-refractivity contribution in [3.8, 4) is 5.75 Å². The number of amides is 1. The van der Waals surface area contributed by atoms with Crippen LogP contribution in [-0.4, -0.2) is 27.0 Å². The zero-order valence-corrected chi connectivity index (χ0v) is 19.6. The molecule has 6 nitrogen and oxygen atoms in total. The first-order valence-corrected chi connectivity index (χ1v) is 12.0. The van der Waals surface area contributed by atoms with Crippen LogP contribution in [0.5, 0.6) is 5.75 Å². The van der Waals surface area contributed by atoms with Crippen molar-refractivity contribution in [2.45, 2.75) is 38.1 Å². The van der Waals surface area contributed by atoms with Gasteiger partial charge in [-0.3, -0.25) is 4.79 Å². The molecule has 2 N–H and O–H groups in total. The fourth-order valence-corrected chi connectivity index (χ4v) is 4.63. The summed E-state index contributed by atoms with van der Waals surface area (Å²) >= 11 is 0. The van der Waals surface area contributed by atoms with Crippen molar-refractivity contribution in [3.05, 3.63) is 89.2 Å². The minimum atomic E-state index is -4.03. The normalized spacial score (nSPS) is 12.2. The number of carbonyl (C=O) groups excluding carboxylic acids is 1. The van der Waals surface area contributed by atoms with Crippen LogP contribution >= 0.6 is 0 Å². The lowest BCUT2D eigenvalue weighted by Crippen LogP contribution is -2.45. The number of sulfonamides is 1. The van der Waals surface area contributed by atoms with Gasteiger partial charge in [-0.05, 0) is 74.2 Å². The number of benzene rings is 3.